The number of rotatable bonds is 6. The third-order valence-electron chi connectivity index (χ3n) is 6.30. The summed E-state index contributed by atoms with van der Waals surface area (Å²) < 4.78 is 15.1. The highest BCUT2D eigenvalue weighted by molar-refractivity contribution is 5.97. The zero-order valence-electron chi connectivity index (χ0n) is 18.7. The third-order valence-corrected chi connectivity index (χ3v) is 6.30. The topological polar surface area (TPSA) is 63.9 Å². The minimum absolute atomic E-state index is 0.103. The molecule has 0 bridgehead atoms. The van der Waals surface area contributed by atoms with Crippen LogP contribution in [0.3, 0.4) is 0 Å². The van der Waals surface area contributed by atoms with Gasteiger partial charge in [0.2, 0.25) is 0 Å². The average Bonchev–Trinajstić information content (AvgIpc) is 3.19. The number of pyridine rings is 2. The zero-order valence-corrected chi connectivity index (χ0v) is 18.7. The Labute approximate surface area is 192 Å². The Morgan fingerprint density at radius 1 is 1.03 bits per heavy atom. The van der Waals surface area contributed by atoms with Crippen molar-refractivity contribution in [3.05, 3.63) is 77.6 Å². The van der Waals surface area contributed by atoms with Crippen LogP contribution in [0.25, 0.3) is 22.2 Å². The molecule has 1 aromatic carbocycles. The van der Waals surface area contributed by atoms with E-state index in [0.29, 0.717) is 11.3 Å². The maximum atomic E-state index is 13.2. The first-order valence-corrected chi connectivity index (χ1v) is 11.3. The van der Waals surface area contributed by atoms with Crippen molar-refractivity contribution in [3.8, 4) is 11.3 Å². The minimum atomic E-state index is -0.359. The number of Topliss-reactive ketones (excluding diaryl/α,β-unsaturated/α-hetero) is 1. The molecule has 1 fully saturated rings. The van der Waals surface area contributed by atoms with Gasteiger partial charge in [0.1, 0.15) is 5.82 Å². The first kappa shape index (κ1) is 21.4. The van der Waals surface area contributed by atoms with Gasteiger partial charge in [-0.1, -0.05) is 6.42 Å². The number of piperidine rings is 1. The number of hydrogen-bond acceptors (Lipinski definition) is 5. The Hall–Kier alpha value is -3.45. The summed E-state index contributed by atoms with van der Waals surface area (Å²) in [4.78, 5) is 24.4. The normalized spacial score (nSPS) is 14.6. The minimum Gasteiger partial charge on any atom is -0.298 e. The van der Waals surface area contributed by atoms with Gasteiger partial charge in [-0.05, 0) is 68.4 Å². The molecular weight excluding hydrogens is 417 g/mol. The second-order valence-corrected chi connectivity index (χ2v) is 8.64. The molecule has 33 heavy (non-hydrogen) atoms. The molecule has 0 saturated carbocycles. The summed E-state index contributed by atoms with van der Waals surface area (Å²) in [6.45, 7) is 3.10. The fourth-order valence-electron chi connectivity index (χ4n) is 4.40. The lowest BCUT2D eigenvalue weighted by molar-refractivity contribution is 0.0992. The molecule has 6 nitrogen and oxygen atoms in total. The summed E-state index contributed by atoms with van der Waals surface area (Å²) >= 11 is 0. The number of benzene rings is 1. The summed E-state index contributed by atoms with van der Waals surface area (Å²) in [5, 5.41) is 5.42. The number of carbonyl (C=O) groups excluding carboxylic acids is 1. The van der Waals surface area contributed by atoms with Gasteiger partial charge in [0.25, 0.3) is 0 Å². The van der Waals surface area contributed by atoms with E-state index in [-0.39, 0.29) is 18.0 Å². The van der Waals surface area contributed by atoms with Crippen LogP contribution in [0.4, 0.5) is 4.39 Å². The van der Waals surface area contributed by atoms with Gasteiger partial charge in [-0.3, -0.25) is 19.4 Å². The van der Waals surface area contributed by atoms with Crippen molar-refractivity contribution >= 4 is 16.7 Å². The molecule has 0 radical (unpaired) electrons. The van der Waals surface area contributed by atoms with E-state index in [0.717, 1.165) is 47.5 Å². The van der Waals surface area contributed by atoms with E-state index in [2.05, 4.69) is 15.0 Å². The summed E-state index contributed by atoms with van der Waals surface area (Å²) in [5.41, 5.74) is 4.95. The fraction of sp³-hybridized carbons (Fsp3) is 0.308. The highest BCUT2D eigenvalue weighted by Crippen LogP contribution is 2.26. The average molecular weight is 444 g/mol. The largest absolute Gasteiger partial charge is 0.298 e. The Balaban J connectivity index is 1.41. The van der Waals surface area contributed by atoms with E-state index >= 15 is 0 Å². The van der Waals surface area contributed by atoms with Crippen molar-refractivity contribution in [1.82, 2.24) is 24.6 Å². The second kappa shape index (κ2) is 9.19. The number of carbonyl (C=O) groups is 1. The molecule has 1 aliphatic rings. The SMILES string of the molecule is Cn1ncc(-c2ccc3cnc(CC(=O)c4ccc(F)cc4)cc3n2)c1CN1CCCCC1. The van der Waals surface area contributed by atoms with Gasteiger partial charge in [0.15, 0.2) is 5.78 Å². The second-order valence-electron chi connectivity index (χ2n) is 8.64. The molecule has 5 rings (SSSR count). The van der Waals surface area contributed by atoms with Crippen molar-refractivity contribution in [1.29, 1.82) is 0 Å². The van der Waals surface area contributed by atoms with Crippen molar-refractivity contribution < 1.29 is 9.18 Å². The lowest BCUT2D eigenvalue weighted by atomic mass is 10.1. The highest BCUT2D eigenvalue weighted by atomic mass is 19.1. The molecule has 4 heterocycles. The maximum absolute atomic E-state index is 13.2. The molecule has 168 valence electrons. The molecule has 1 aliphatic heterocycles. The van der Waals surface area contributed by atoms with Crippen LogP contribution in [-0.4, -0.2) is 43.5 Å². The number of likely N-dealkylation sites (tertiary alicyclic amines) is 1. The number of fused-ring (bicyclic) bond motifs is 1. The molecule has 7 heteroatoms. The predicted molar refractivity (Wildman–Crippen MR) is 125 cm³/mol. The van der Waals surface area contributed by atoms with Crippen molar-refractivity contribution in [2.45, 2.75) is 32.2 Å². The fourth-order valence-corrected chi connectivity index (χ4v) is 4.40. The summed E-state index contributed by atoms with van der Waals surface area (Å²) in [5.74, 6) is -0.462. The maximum Gasteiger partial charge on any atom is 0.168 e. The Morgan fingerprint density at radius 2 is 1.82 bits per heavy atom. The van der Waals surface area contributed by atoms with Gasteiger partial charge in [-0.25, -0.2) is 9.37 Å². The Bertz CT molecular complexity index is 1290. The van der Waals surface area contributed by atoms with Gasteiger partial charge in [-0.2, -0.15) is 5.10 Å². The van der Waals surface area contributed by atoms with Crippen LogP contribution in [-0.2, 0) is 20.0 Å². The monoisotopic (exact) mass is 443 g/mol. The lowest BCUT2D eigenvalue weighted by Crippen LogP contribution is -2.30. The predicted octanol–water partition coefficient (Wildman–Crippen LogP) is 4.58. The summed E-state index contributed by atoms with van der Waals surface area (Å²) in [6.07, 6.45) is 7.56. The molecular formula is C26H26FN5O. The molecule has 3 aromatic heterocycles. The zero-order chi connectivity index (χ0) is 22.8. The van der Waals surface area contributed by atoms with Crippen molar-refractivity contribution in [3.63, 3.8) is 0 Å². The van der Waals surface area contributed by atoms with Crippen molar-refractivity contribution in [2.75, 3.05) is 13.1 Å². The van der Waals surface area contributed by atoms with Gasteiger partial charge in [0, 0.05) is 36.3 Å². The van der Waals surface area contributed by atoms with Gasteiger partial charge >= 0.3 is 0 Å². The molecule has 0 aliphatic carbocycles. The number of nitrogens with zero attached hydrogens (tertiary/aromatic N) is 5. The molecule has 4 aromatic rings. The van der Waals surface area contributed by atoms with Crippen LogP contribution >= 0.6 is 0 Å². The Morgan fingerprint density at radius 3 is 2.61 bits per heavy atom. The van der Waals surface area contributed by atoms with E-state index in [1.165, 1.54) is 43.5 Å². The van der Waals surface area contributed by atoms with Gasteiger partial charge in [0.05, 0.1) is 35.2 Å². The lowest BCUT2D eigenvalue weighted by Gasteiger charge is -2.26. The molecule has 1 saturated heterocycles. The van der Waals surface area contributed by atoms with Crippen LogP contribution < -0.4 is 0 Å². The van der Waals surface area contributed by atoms with E-state index in [1.807, 2.05) is 36.1 Å². The number of halogens is 1. The van der Waals surface area contributed by atoms with E-state index < -0.39 is 0 Å². The van der Waals surface area contributed by atoms with Gasteiger partial charge < -0.3 is 0 Å². The van der Waals surface area contributed by atoms with Crippen molar-refractivity contribution in [2.24, 2.45) is 7.05 Å². The quantitative estimate of drug-likeness (QED) is 0.408. The first-order valence-electron chi connectivity index (χ1n) is 11.3. The molecule has 0 unspecified atom stereocenters. The van der Waals surface area contributed by atoms with Crippen LogP contribution in [0.1, 0.15) is 41.0 Å². The van der Waals surface area contributed by atoms with Crippen LogP contribution in [0.15, 0.2) is 54.9 Å². The summed E-state index contributed by atoms with van der Waals surface area (Å²) in [6, 6.07) is 11.5. The molecule has 0 spiro atoms. The number of aryl methyl sites for hydroxylation is 1. The number of ketones is 1. The Kier molecular flexibility index (Phi) is 5.96. The van der Waals surface area contributed by atoms with Crippen LogP contribution in [0, 0.1) is 5.82 Å². The van der Waals surface area contributed by atoms with E-state index in [4.69, 9.17) is 4.98 Å². The van der Waals surface area contributed by atoms with E-state index in [1.54, 1.807) is 6.20 Å². The van der Waals surface area contributed by atoms with Crippen LogP contribution in [0.5, 0.6) is 0 Å². The van der Waals surface area contributed by atoms with Crippen LogP contribution in [0.2, 0.25) is 0 Å². The standard InChI is InChI=1S/C26H26FN5O/c1-31-25(17-32-11-3-2-4-12-32)22(16-29-31)23-10-7-19-15-28-21(13-24(19)30-23)14-26(33)18-5-8-20(27)9-6-18/h5-10,13,15-16H,2-4,11-12,14,17H2,1H3. The third kappa shape index (κ3) is 4.68. The number of aromatic nitrogens is 4. The highest BCUT2D eigenvalue weighted by Gasteiger charge is 2.18. The number of hydrogen-bond donors (Lipinski definition) is 0. The first-order chi connectivity index (χ1) is 16.1. The van der Waals surface area contributed by atoms with Gasteiger partial charge in [-0.15, -0.1) is 0 Å². The molecule has 0 amide bonds. The molecule has 0 N–H and O–H groups in total. The summed E-state index contributed by atoms with van der Waals surface area (Å²) in [7, 11) is 1.98. The van der Waals surface area contributed by atoms with E-state index in [9.17, 15) is 9.18 Å². The molecule has 0 atom stereocenters. The smallest absolute Gasteiger partial charge is 0.168 e.